The number of thiophene rings is 1. The number of rotatable bonds is 4. The molecule has 0 bridgehead atoms. The van der Waals surface area contributed by atoms with Gasteiger partial charge in [-0.2, -0.15) is 5.10 Å². The van der Waals surface area contributed by atoms with Crippen LogP contribution in [0.2, 0.25) is 0 Å². The Kier molecular flexibility index (Phi) is 4.25. The lowest BCUT2D eigenvalue weighted by Gasteiger charge is -2.09. The van der Waals surface area contributed by atoms with Gasteiger partial charge in [-0.05, 0) is 36.9 Å². The number of benzene rings is 1. The quantitative estimate of drug-likeness (QED) is 0.800. The monoisotopic (exact) mass is 327 g/mol. The highest BCUT2D eigenvalue weighted by molar-refractivity contribution is 7.10. The molecule has 0 aliphatic heterocycles. The number of nitrogens with one attached hydrogen (secondary N) is 1. The summed E-state index contributed by atoms with van der Waals surface area (Å²) in [6.45, 7) is 4.25. The van der Waals surface area contributed by atoms with Crippen molar-refractivity contribution in [1.29, 1.82) is 0 Å². The Bertz CT molecular complexity index is 927. The summed E-state index contributed by atoms with van der Waals surface area (Å²) in [6, 6.07) is 9.33. The zero-order valence-electron chi connectivity index (χ0n) is 13.0. The maximum Gasteiger partial charge on any atom is 0.275 e. The molecular formula is C17H17N3O2S. The van der Waals surface area contributed by atoms with Crippen molar-refractivity contribution in [3.05, 3.63) is 62.2 Å². The first-order chi connectivity index (χ1) is 11.1. The molecule has 0 saturated heterocycles. The molecule has 1 amide bonds. The SMILES string of the molecule is Cc1ccsc1CNC(=O)Cn1nc(C)c2ccccc2c1=O. The van der Waals surface area contributed by atoms with Crippen molar-refractivity contribution < 1.29 is 4.79 Å². The molecule has 23 heavy (non-hydrogen) atoms. The van der Waals surface area contributed by atoms with Crippen LogP contribution in [0.4, 0.5) is 0 Å². The molecule has 0 aliphatic carbocycles. The van der Waals surface area contributed by atoms with Crippen LogP contribution in [0.1, 0.15) is 16.1 Å². The van der Waals surface area contributed by atoms with E-state index in [0.717, 1.165) is 21.5 Å². The van der Waals surface area contributed by atoms with Crippen molar-refractivity contribution in [1.82, 2.24) is 15.1 Å². The molecule has 118 valence electrons. The number of amides is 1. The van der Waals surface area contributed by atoms with E-state index in [-0.39, 0.29) is 18.0 Å². The van der Waals surface area contributed by atoms with Crippen LogP contribution in [0, 0.1) is 13.8 Å². The van der Waals surface area contributed by atoms with Gasteiger partial charge in [-0.25, -0.2) is 4.68 Å². The van der Waals surface area contributed by atoms with Crippen molar-refractivity contribution in [3.63, 3.8) is 0 Å². The topological polar surface area (TPSA) is 64.0 Å². The zero-order chi connectivity index (χ0) is 16.4. The summed E-state index contributed by atoms with van der Waals surface area (Å²) < 4.78 is 1.23. The third-order valence-electron chi connectivity index (χ3n) is 3.76. The van der Waals surface area contributed by atoms with E-state index in [1.54, 1.807) is 17.4 Å². The predicted octanol–water partition coefficient (Wildman–Crippen LogP) is 2.39. The number of aryl methyl sites for hydroxylation is 2. The van der Waals surface area contributed by atoms with Gasteiger partial charge in [0.05, 0.1) is 17.6 Å². The number of hydrogen-bond donors (Lipinski definition) is 1. The minimum atomic E-state index is -0.242. The lowest BCUT2D eigenvalue weighted by atomic mass is 10.1. The van der Waals surface area contributed by atoms with Gasteiger partial charge in [-0.15, -0.1) is 11.3 Å². The summed E-state index contributed by atoms with van der Waals surface area (Å²) in [5, 5.41) is 10.5. The van der Waals surface area contributed by atoms with Crippen LogP contribution in [0.25, 0.3) is 10.8 Å². The summed E-state index contributed by atoms with van der Waals surface area (Å²) in [7, 11) is 0. The van der Waals surface area contributed by atoms with Crippen molar-refractivity contribution >= 4 is 28.0 Å². The molecule has 2 heterocycles. The molecule has 0 fully saturated rings. The van der Waals surface area contributed by atoms with E-state index in [1.807, 2.05) is 43.5 Å². The molecule has 3 aromatic rings. The van der Waals surface area contributed by atoms with E-state index in [2.05, 4.69) is 10.4 Å². The number of carbonyl (C=O) groups excluding carboxylic acids is 1. The maximum absolute atomic E-state index is 12.4. The van der Waals surface area contributed by atoms with Gasteiger partial charge in [0.25, 0.3) is 5.56 Å². The minimum absolute atomic E-state index is 0.0745. The van der Waals surface area contributed by atoms with Crippen LogP contribution in [0.15, 0.2) is 40.5 Å². The fraction of sp³-hybridized carbons (Fsp3) is 0.235. The average molecular weight is 327 g/mol. The van der Waals surface area contributed by atoms with Gasteiger partial charge in [0.1, 0.15) is 6.54 Å². The van der Waals surface area contributed by atoms with Gasteiger partial charge >= 0.3 is 0 Å². The third-order valence-corrected chi connectivity index (χ3v) is 4.78. The van der Waals surface area contributed by atoms with Crippen LogP contribution in [0.5, 0.6) is 0 Å². The second kappa shape index (κ2) is 6.34. The Labute approximate surface area is 137 Å². The van der Waals surface area contributed by atoms with E-state index < -0.39 is 0 Å². The molecule has 2 aromatic heterocycles. The van der Waals surface area contributed by atoms with Crippen LogP contribution in [-0.4, -0.2) is 15.7 Å². The highest BCUT2D eigenvalue weighted by atomic mass is 32.1. The highest BCUT2D eigenvalue weighted by Crippen LogP contribution is 2.15. The summed E-state index contributed by atoms with van der Waals surface area (Å²) >= 11 is 1.61. The smallest absolute Gasteiger partial charge is 0.275 e. The van der Waals surface area contributed by atoms with Crippen molar-refractivity contribution in [2.75, 3.05) is 0 Å². The third kappa shape index (κ3) is 3.17. The molecule has 0 unspecified atom stereocenters. The first-order valence-corrected chi connectivity index (χ1v) is 8.20. The number of aromatic nitrogens is 2. The summed E-state index contributed by atoms with van der Waals surface area (Å²) in [5.41, 5.74) is 1.66. The van der Waals surface area contributed by atoms with E-state index in [0.29, 0.717) is 11.9 Å². The minimum Gasteiger partial charge on any atom is -0.350 e. The molecule has 0 spiro atoms. The predicted molar refractivity (Wildman–Crippen MR) is 91.6 cm³/mol. The molecule has 0 atom stereocenters. The second-order valence-electron chi connectivity index (χ2n) is 5.40. The molecule has 0 aliphatic rings. The van der Waals surface area contributed by atoms with Crippen molar-refractivity contribution in [2.24, 2.45) is 0 Å². The first-order valence-electron chi connectivity index (χ1n) is 7.32. The maximum atomic E-state index is 12.4. The number of nitrogens with zero attached hydrogens (tertiary/aromatic N) is 2. The Hall–Kier alpha value is -2.47. The molecule has 0 radical (unpaired) electrons. The van der Waals surface area contributed by atoms with Gasteiger partial charge in [0.2, 0.25) is 5.91 Å². The Balaban J connectivity index is 1.79. The van der Waals surface area contributed by atoms with Gasteiger partial charge in [-0.3, -0.25) is 9.59 Å². The molecule has 5 nitrogen and oxygen atoms in total. The molecule has 1 N–H and O–H groups in total. The Morgan fingerprint density at radius 1 is 1.22 bits per heavy atom. The van der Waals surface area contributed by atoms with Crippen LogP contribution >= 0.6 is 11.3 Å². The fourth-order valence-electron chi connectivity index (χ4n) is 2.47. The summed E-state index contributed by atoms with van der Waals surface area (Å²) in [4.78, 5) is 25.7. The summed E-state index contributed by atoms with van der Waals surface area (Å²) in [5.74, 6) is -0.220. The summed E-state index contributed by atoms with van der Waals surface area (Å²) in [6.07, 6.45) is 0. The fourth-order valence-corrected chi connectivity index (χ4v) is 3.31. The van der Waals surface area contributed by atoms with Crippen LogP contribution in [0.3, 0.4) is 0 Å². The van der Waals surface area contributed by atoms with E-state index in [9.17, 15) is 9.59 Å². The molecule has 1 aromatic carbocycles. The van der Waals surface area contributed by atoms with Gasteiger partial charge in [0.15, 0.2) is 0 Å². The number of hydrogen-bond acceptors (Lipinski definition) is 4. The zero-order valence-corrected chi connectivity index (χ0v) is 13.8. The van der Waals surface area contributed by atoms with Gasteiger partial charge in [-0.1, -0.05) is 18.2 Å². The lowest BCUT2D eigenvalue weighted by Crippen LogP contribution is -2.33. The normalized spacial score (nSPS) is 10.9. The standard InChI is InChI=1S/C17H17N3O2S/c1-11-7-8-23-15(11)9-18-16(21)10-20-17(22)14-6-4-3-5-13(14)12(2)19-20/h3-8H,9-10H2,1-2H3,(H,18,21). The number of carbonyl (C=O) groups is 1. The highest BCUT2D eigenvalue weighted by Gasteiger charge is 2.11. The lowest BCUT2D eigenvalue weighted by molar-refractivity contribution is -0.122. The Morgan fingerprint density at radius 3 is 2.65 bits per heavy atom. The van der Waals surface area contributed by atoms with E-state index in [1.165, 1.54) is 4.68 Å². The average Bonchev–Trinajstić information content (AvgIpc) is 2.95. The Morgan fingerprint density at radius 2 is 1.96 bits per heavy atom. The largest absolute Gasteiger partial charge is 0.350 e. The van der Waals surface area contributed by atoms with Gasteiger partial charge < -0.3 is 5.32 Å². The molecule has 3 rings (SSSR count). The number of fused-ring (bicyclic) bond motifs is 1. The van der Waals surface area contributed by atoms with Crippen LogP contribution in [-0.2, 0) is 17.9 Å². The van der Waals surface area contributed by atoms with E-state index in [4.69, 9.17) is 0 Å². The molecule has 6 heteroatoms. The molecule has 0 saturated carbocycles. The van der Waals surface area contributed by atoms with Crippen LogP contribution < -0.4 is 10.9 Å². The first kappa shape index (κ1) is 15.4. The van der Waals surface area contributed by atoms with Crippen molar-refractivity contribution in [3.8, 4) is 0 Å². The van der Waals surface area contributed by atoms with Gasteiger partial charge in [0, 0.05) is 10.3 Å². The van der Waals surface area contributed by atoms with E-state index >= 15 is 0 Å². The second-order valence-corrected chi connectivity index (χ2v) is 6.40. The molecular weight excluding hydrogens is 310 g/mol. The van der Waals surface area contributed by atoms with Crippen molar-refractivity contribution in [2.45, 2.75) is 26.9 Å².